The van der Waals surface area contributed by atoms with Gasteiger partial charge in [-0.15, -0.1) is 24.8 Å². The Labute approximate surface area is 155 Å². The zero-order chi connectivity index (χ0) is 15.4. The molecular formula is C17H24Cl2N4O. The number of nitrogens with zero attached hydrogens (tertiary/aromatic N) is 2. The van der Waals surface area contributed by atoms with Crippen LogP contribution in [0.5, 0.6) is 0 Å². The van der Waals surface area contributed by atoms with E-state index >= 15 is 0 Å². The van der Waals surface area contributed by atoms with Crippen LogP contribution in [0.2, 0.25) is 0 Å². The molecule has 0 bridgehead atoms. The van der Waals surface area contributed by atoms with Gasteiger partial charge >= 0.3 is 0 Å². The second-order valence-electron chi connectivity index (χ2n) is 5.78. The van der Waals surface area contributed by atoms with E-state index in [1.54, 1.807) is 4.68 Å². The number of fused-ring (bicyclic) bond motifs is 1. The standard InChI is InChI=1S/C17H22N4O.2ClH/c1-21-12-13(10-20-21)6-7-17(22)19-11-16-15-5-3-2-4-14(15)8-9-18-16;;/h2-5,10,12,16,18H,6-9,11H2,1H3,(H,19,22);2*1H. The monoisotopic (exact) mass is 370 g/mol. The van der Waals surface area contributed by atoms with Crippen LogP contribution in [-0.2, 0) is 24.7 Å². The summed E-state index contributed by atoms with van der Waals surface area (Å²) in [4.78, 5) is 12.0. The van der Waals surface area contributed by atoms with Crippen LogP contribution in [0.1, 0.15) is 29.2 Å². The molecule has 132 valence electrons. The van der Waals surface area contributed by atoms with Gasteiger partial charge in [-0.1, -0.05) is 24.3 Å². The van der Waals surface area contributed by atoms with E-state index in [-0.39, 0.29) is 36.8 Å². The van der Waals surface area contributed by atoms with Crippen molar-refractivity contribution in [2.45, 2.75) is 25.3 Å². The molecule has 1 amide bonds. The first-order chi connectivity index (χ1) is 10.7. The summed E-state index contributed by atoms with van der Waals surface area (Å²) < 4.78 is 1.76. The Bertz CT molecular complexity index is 660. The van der Waals surface area contributed by atoms with E-state index in [2.05, 4.69) is 40.0 Å². The van der Waals surface area contributed by atoms with Gasteiger partial charge < -0.3 is 10.6 Å². The van der Waals surface area contributed by atoms with Crippen molar-refractivity contribution >= 4 is 30.7 Å². The number of halogens is 2. The van der Waals surface area contributed by atoms with Crippen LogP contribution in [0.15, 0.2) is 36.7 Å². The summed E-state index contributed by atoms with van der Waals surface area (Å²) in [7, 11) is 1.88. The minimum absolute atomic E-state index is 0. The summed E-state index contributed by atoms with van der Waals surface area (Å²) >= 11 is 0. The highest BCUT2D eigenvalue weighted by molar-refractivity contribution is 5.85. The van der Waals surface area contributed by atoms with E-state index in [4.69, 9.17) is 0 Å². The summed E-state index contributed by atoms with van der Waals surface area (Å²) in [6.07, 6.45) is 6.05. The van der Waals surface area contributed by atoms with Gasteiger partial charge in [-0.3, -0.25) is 9.48 Å². The lowest BCUT2D eigenvalue weighted by Gasteiger charge is -2.27. The van der Waals surface area contributed by atoms with Gasteiger partial charge in [0.2, 0.25) is 5.91 Å². The van der Waals surface area contributed by atoms with Crippen molar-refractivity contribution in [2.75, 3.05) is 13.1 Å². The largest absolute Gasteiger partial charge is 0.354 e. The average Bonchev–Trinajstić information content (AvgIpc) is 2.96. The Hall–Kier alpha value is -1.56. The Kier molecular flexibility index (Phi) is 8.25. The number of aromatic nitrogens is 2. The van der Waals surface area contributed by atoms with Crippen LogP contribution in [0.4, 0.5) is 0 Å². The molecule has 2 aromatic rings. The molecule has 2 N–H and O–H groups in total. The third-order valence-corrected chi connectivity index (χ3v) is 4.12. The van der Waals surface area contributed by atoms with Gasteiger partial charge in [0.1, 0.15) is 0 Å². The number of amides is 1. The number of rotatable bonds is 5. The Morgan fingerprint density at radius 3 is 2.92 bits per heavy atom. The molecule has 0 fully saturated rings. The van der Waals surface area contributed by atoms with E-state index < -0.39 is 0 Å². The van der Waals surface area contributed by atoms with Crippen LogP contribution < -0.4 is 10.6 Å². The van der Waals surface area contributed by atoms with Gasteiger partial charge in [-0.25, -0.2) is 0 Å². The first-order valence-electron chi connectivity index (χ1n) is 7.78. The van der Waals surface area contributed by atoms with Crippen molar-refractivity contribution in [3.05, 3.63) is 53.3 Å². The number of carbonyl (C=O) groups excluding carboxylic acids is 1. The fourth-order valence-electron chi connectivity index (χ4n) is 2.94. The molecule has 3 rings (SSSR count). The fraction of sp³-hybridized carbons (Fsp3) is 0.412. The summed E-state index contributed by atoms with van der Waals surface area (Å²) in [6.45, 7) is 1.61. The topological polar surface area (TPSA) is 59.0 Å². The van der Waals surface area contributed by atoms with Crippen LogP contribution in [0.3, 0.4) is 0 Å². The van der Waals surface area contributed by atoms with Crippen LogP contribution in [-0.4, -0.2) is 28.8 Å². The third-order valence-electron chi connectivity index (χ3n) is 4.12. The van der Waals surface area contributed by atoms with Gasteiger partial charge in [0.15, 0.2) is 0 Å². The maximum Gasteiger partial charge on any atom is 0.220 e. The lowest BCUT2D eigenvalue weighted by Crippen LogP contribution is -2.38. The fourth-order valence-corrected chi connectivity index (χ4v) is 2.94. The second-order valence-corrected chi connectivity index (χ2v) is 5.78. The predicted molar refractivity (Wildman–Crippen MR) is 99.9 cm³/mol. The van der Waals surface area contributed by atoms with Gasteiger partial charge in [0, 0.05) is 32.3 Å². The van der Waals surface area contributed by atoms with E-state index in [1.807, 2.05) is 19.4 Å². The van der Waals surface area contributed by atoms with Gasteiger partial charge in [-0.2, -0.15) is 5.10 Å². The van der Waals surface area contributed by atoms with Gasteiger partial charge in [0.25, 0.3) is 0 Å². The highest BCUT2D eigenvalue weighted by Crippen LogP contribution is 2.21. The zero-order valence-corrected chi connectivity index (χ0v) is 15.3. The molecule has 0 spiro atoms. The van der Waals surface area contributed by atoms with Crippen molar-refractivity contribution in [2.24, 2.45) is 7.05 Å². The molecule has 0 radical (unpaired) electrons. The molecule has 0 saturated carbocycles. The Morgan fingerprint density at radius 2 is 2.17 bits per heavy atom. The number of carbonyl (C=O) groups is 1. The first-order valence-corrected chi connectivity index (χ1v) is 7.78. The number of nitrogens with one attached hydrogen (secondary N) is 2. The molecule has 1 atom stereocenters. The zero-order valence-electron chi connectivity index (χ0n) is 13.7. The van der Waals surface area contributed by atoms with E-state index in [9.17, 15) is 4.79 Å². The Balaban J connectivity index is 0.00000144. The van der Waals surface area contributed by atoms with Crippen molar-refractivity contribution in [3.8, 4) is 0 Å². The van der Waals surface area contributed by atoms with Gasteiger partial charge in [-0.05, 0) is 36.1 Å². The van der Waals surface area contributed by atoms with Crippen LogP contribution in [0, 0.1) is 0 Å². The molecule has 24 heavy (non-hydrogen) atoms. The Morgan fingerprint density at radius 1 is 1.38 bits per heavy atom. The lowest BCUT2D eigenvalue weighted by molar-refractivity contribution is -0.121. The molecule has 1 aromatic heterocycles. The van der Waals surface area contributed by atoms with Crippen molar-refractivity contribution in [1.29, 1.82) is 0 Å². The van der Waals surface area contributed by atoms with Crippen molar-refractivity contribution in [1.82, 2.24) is 20.4 Å². The third kappa shape index (κ3) is 5.23. The normalized spacial score (nSPS) is 15.6. The maximum absolute atomic E-state index is 12.0. The molecule has 2 heterocycles. The molecule has 5 nitrogen and oxygen atoms in total. The van der Waals surface area contributed by atoms with Crippen LogP contribution >= 0.6 is 24.8 Å². The van der Waals surface area contributed by atoms with E-state index in [0.29, 0.717) is 13.0 Å². The molecule has 1 aliphatic rings. The minimum Gasteiger partial charge on any atom is -0.354 e. The summed E-state index contributed by atoms with van der Waals surface area (Å²) in [6, 6.07) is 8.67. The molecule has 1 unspecified atom stereocenters. The number of hydrogen-bond acceptors (Lipinski definition) is 3. The lowest BCUT2D eigenvalue weighted by atomic mass is 9.94. The molecule has 0 saturated heterocycles. The van der Waals surface area contributed by atoms with Crippen molar-refractivity contribution in [3.63, 3.8) is 0 Å². The smallest absolute Gasteiger partial charge is 0.220 e. The average molecular weight is 371 g/mol. The van der Waals surface area contributed by atoms with Crippen molar-refractivity contribution < 1.29 is 4.79 Å². The second kappa shape index (κ2) is 9.67. The quantitative estimate of drug-likeness (QED) is 0.847. The van der Waals surface area contributed by atoms with E-state index in [0.717, 1.165) is 24.9 Å². The maximum atomic E-state index is 12.0. The van der Waals surface area contributed by atoms with Crippen LogP contribution in [0.25, 0.3) is 0 Å². The molecular weight excluding hydrogens is 347 g/mol. The first kappa shape index (κ1) is 20.5. The highest BCUT2D eigenvalue weighted by Gasteiger charge is 2.19. The van der Waals surface area contributed by atoms with E-state index in [1.165, 1.54) is 11.1 Å². The summed E-state index contributed by atoms with van der Waals surface area (Å²) in [5, 5.41) is 10.6. The minimum atomic E-state index is 0. The number of benzene rings is 1. The SMILES string of the molecule is Cl.Cl.Cn1cc(CCC(=O)NCC2NCCc3ccccc32)cn1. The number of hydrogen-bond donors (Lipinski definition) is 2. The summed E-state index contributed by atoms with van der Waals surface area (Å²) in [5.74, 6) is 0.0914. The van der Waals surface area contributed by atoms with Gasteiger partial charge in [0.05, 0.1) is 6.20 Å². The molecule has 1 aromatic carbocycles. The predicted octanol–water partition coefficient (Wildman–Crippen LogP) is 2.20. The molecule has 7 heteroatoms. The summed E-state index contributed by atoms with van der Waals surface area (Å²) in [5.41, 5.74) is 3.79. The number of aryl methyl sites for hydroxylation is 2. The molecule has 0 aliphatic carbocycles. The molecule has 1 aliphatic heterocycles. The highest BCUT2D eigenvalue weighted by atomic mass is 35.5.